The molecule has 0 spiro atoms. The van der Waals surface area contributed by atoms with Crippen LogP contribution in [0.5, 0.6) is 0 Å². The van der Waals surface area contributed by atoms with E-state index in [-0.39, 0.29) is 11.8 Å². The number of hydrogen-bond acceptors (Lipinski definition) is 4. The molecule has 2 aliphatic rings. The maximum Gasteiger partial charge on any atom is 0.223 e. The Kier molecular flexibility index (Phi) is 8.39. The lowest BCUT2D eigenvalue weighted by atomic mass is 9.96. The molecule has 1 N–H and O–H groups in total. The van der Waals surface area contributed by atoms with Crippen molar-refractivity contribution in [1.29, 1.82) is 0 Å². The zero-order chi connectivity index (χ0) is 20.5. The lowest BCUT2D eigenvalue weighted by molar-refractivity contribution is -0.126. The summed E-state index contributed by atoms with van der Waals surface area (Å²) in [5, 5.41) is 3.15. The molecule has 0 saturated carbocycles. The van der Waals surface area contributed by atoms with Gasteiger partial charge in [-0.1, -0.05) is 18.1 Å². The highest BCUT2D eigenvalue weighted by molar-refractivity contribution is 5.78. The van der Waals surface area contributed by atoms with Crippen molar-refractivity contribution in [3.05, 3.63) is 29.8 Å². The summed E-state index contributed by atoms with van der Waals surface area (Å²) in [6.45, 7) is 11.1. The fourth-order valence-electron chi connectivity index (χ4n) is 4.35. The Hall–Kier alpha value is -2.03. The van der Waals surface area contributed by atoms with Gasteiger partial charge in [-0.2, -0.15) is 0 Å². The minimum atomic E-state index is 0.165. The summed E-state index contributed by atoms with van der Waals surface area (Å²) >= 11 is 0. The molecule has 0 bridgehead atoms. The normalized spacial score (nSPS) is 19.1. The van der Waals surface area contributed by atoms with Crippen LogP contribution in [-0.4, -0.2) is 74.6 Å². The molecular formula is C24H36N4O. The van der Waals surface area contributed by atoms with Crippen molar-refractivity contribution >= 4 is 11.6 Å². The first-order chi connectivity index (χ1) is 14.2. The van der Waals surface area contributed by atoms with Gasteiger partial charge in [-0.3, -0.25) is 14.6 Å². The summed E-state index contributed by atoms with van der Waals surface area (Å²) in [7, 11) is 0. The number of piperidine rings is 1. The molecule has 158 valence electrons. The van der Waals surface area contributed by atoms with Crippen LogP contribution >= 0.6 is 0 Å². The highest BCUT2D eigenvalue weighted by atomic mass is 16.1. The van der Waals surface area contributed by atoms with Crippen molar-refractivity contribution in [2.75, 3.05) is 63.8 Å². The molecule has 2 fully saturated rings. The SMILES string of the molecule is C#CCN1CCC(C(=O)NCCCCN2CCN(c3cccc(C)c3)CC2)CC1. The van der Waals surface area contributed by atoms with E-state index in [1.165, 1.54) is 11.3 Å². The van der Waals surface area contributed by atoms with E-state index in [2.05, 4.69) is 57.1 Å². The van der Waals surface area contributed by atoms with Crippen LogP contribution in [0.1, 0.15) is 31.2 Å². The van der Waals surface area contributed by atoms with Gasteiger partial charge in [0.25, 0.3) is 0 Å². The molecule has 0 aromatic heterocycles. The number of carbonyl (C=O) groups excluding carboxylic acids is 1. The third kappa shape index (κ3) is 6.76. The number of carbonyl (C=O) groups is 1. The Labute approximate surface area is 176 Å². The predicted molar refractivity (Wildman–Crippen MR) is 120 cm³/mol. The zero-order valence-electron chi connectivity index (χ0n) is 17.9. The van der Waals surface area contributed by atoms with E-state index in [4.69, 9.17) is 6.42 Å². The van der Waals surface area contributed by atoms with Crippen LogP contribution in [0, 0.1) is 25.2 Å². The molecule has 3 rings (SSSR count). The zero-order valence-corrected chi connectivity index (χ0v) is 17.9. The third-order valence-electron chi connectivity index (χ3n) is 6.21. The molecule has 2 heterocycles. The average Bonchev–Trinajstić information content (AvgIpc) is 2.74. The van der Waals surface area contributed by atoms with Gasteiger partial charge in [0.05, 0.1) is 6.54 Å². The fourth-order valence-corrected chi connectivity index (χ4v) is 4.35. The van der Waals surface area contributed by atoms with Gasteiger partial charge in [-0.25, -0.2) is 0 Å². The smallest absolute Gasteiger partial charge is 0.223 e. The quantitative estimate of drug-likeness (QED) is 0.541. The third-order valence-corrected chi connectivity index (χ3v) is 6.21. The van der Waals surface area contributed by atoms with Gasteiger partial charge in [0, 0.05) is 44.3 Å². The van der Waals surface area contributed by atoms with Gasteiger partial charge in [0.1, 0.15) is 0 Å². The first-order valence-electron chi connectivity index (χ1n) is 11.1. The number of rotatable bonds is 8. The number of piperazine rings is 1. The van der Waals surface area contributed by atoms with E-state index in [0.717, 1.165) is 78.0 Å². The van der Waals surface area contributed by atoms with Crippen LogP contribution < -0.4 is 10.2 Å². The Morgan fingerprint density at radius 3 is 2.55 bits per heavy atom. The lowest BCUT2D eigenvalue weighted by Crippen LogP contribution is -2.46. The van der Waals surface area contributed by atoms with Crippen molar-refractivity contribution in [2.24, 2.45) is 5.92 Å². The Bertz CT molecular complexity index is 682. The van der Waals surface area contributed by atoms with Gasteiger partial charge < -0.3 is 10.2 Å². The molecule has 0 aliphatic carbocycles. The van der Waals surface area contributed by atoms with Crippen LogP contribution in [0.15, 0.2) is 24.3 Å². The minimum Gasteiger partial charge on any atom is -0.369 e. The topological polar surface area (TPSA) is 38.8 Å². The highest BCUT2D eigenvalue weighted by Gasteiger charge is 2.24. The second-order valence-electron chi connectivity index (χ2n) is 8.42. The van der Waals surface area contributed by atoms with E-state index in [0.29, 0.717) is 6.54 Å². The molecule has 0 unspecified atom stereocenters. The number of nitrogens with one attached hydrogen (secondary N) is 1. The summed E-state index contributed by atoms with van der Waals surface area (Å²) in [6, 6.07) is 8.79. The lowest BCUT2D eigenvalue weighted by Gasteiger charge is -2.36. The van der Waals surface area contributed by atoms with E-state index in [9.17, 15) is 4.79 Å². The summed E-state index contributed by atoms with van der Waals surface area (Å²) < 4.78 is 0. The fraction of sp³-hybridized carbons (Fsp3) is 0.625. The van der Waals surface area contributed by atoms with E-state index in [1.54, 1.807) is 0 Å². The van der Waals surface area contributed by atoms with Crippen LogP contribution in [0.25, 0.3) is 0 Å². The molecule has 0 radical (unpaired) electrons. The largest absolute Gasteiger partial charge is 0.369 e. The molecule has 1 aromatic carbocycles. The monoisotopic (exact) mass is 396 g/mol. The van der Waals surface area contributed by atoms with Gasteiger partial charge >= 0.3 is 0 Å². The number of hydrogen-bond donors (Lipinski definition) is 1. The number of nitrogens with zero attached hydrogens (tertiary/aromatic N) is 3. The van der Waals surface area contributed by atoms with E-state index >= 15 is 0 Å². The van der Waals surface area contributed by atoms with Gasteiger partial charge in [-0.15, -0.1) is 6.42 Å². The number of anilines is 1. The molecule has 1 aromatic rings. The van der Waals surface area contributed by atoms with Gasteiger partial charge in [0.15, 0.2) is 0 Å². The number of amides is 1. The molecular weight excluding hydrogens is 360 g/mol. The van der Waals surface area contributed by atoms with Crippen molar-refractivity contribution in [1.82, 2.24) is 15.1 Å². The molecule has 0 atom stereocenters. The van der Waals surface area contributed by atoms with Crippen LogP contribution in [0.4, 0.5) is 5.69 Å². The van der Waals surface area contributed by atoms with Crippen LogP contribution in [0.2, 0.25) is 0 Å². The van der Waals surface area contributed by atoms with E-state index < -0.39 is 0 Å². The molecule has 5 heteroatoms. The maximum atomic E-state index is 12.3. The number of likely N-dealkylation sites (tertiary alicyclic amines) is 1. The van der Waals surface area contributed by atoms with Crippen molar-refractivity contribution in [3.63, 3.8) is 0 Å². The number of aryl methyl sites for hydroxylation is 1. The average molecular weight is 397 g/mol. The van der Waals surface area contributed by atoms with Crippen LogP contribution in [0.3, 0.4) is 0 Å². The molecule has 5 nitrogen and oxygen atoms in total. The van der Waals surface area contributed by atoms with E-state index in [1.807, 2.05) is 0 Å². The van der Waals surface area contributed by atoms with Crippen LogP contribution in [-0.2, 0) is 4.79 Å². The Morgan fingerprint density at radius 2 is 1.86 bits per heavy atom. The van der Waals surface area contributed by atoms with Gasteiger partial charge in [0.2, 0.25) is 5.91 Å². The summed E-state index contributed by atoms with van der Waals surface area (Å²) in [4.78, 5) is 19.6. The minimum absolute atomic E-state index is 0.165. The maximum absolute atomic E-state index is 12.3. The van der Waals surface area contributed by atoms with Crippen molar-refractivity contribution in [2.45, 2.75) is 32.6 Å². The van der Waals surface area contributed by atoms with Crippen molar-refractivity contribution in [3.8, 4) is 12.3 Å². The van der Waals surface area contributed by atoms with Crippen molar-refractivity contribution < 1.29 is 4.79 Å². The summed E-state index contributed by atoms with van der Waals surface area (Å²) in [5.41, 5.74) is 2.67. The summed E-state index contributed by atoms with van der Waals surface area (Å²) in [6.07, 6.45) is 9.42. The Morgan fingerprint density at radius 1 is 1.10 bits per heavy atom. The Balaban J connectivity index is 1.24. The molecule has 29 heavy (non-hydrogen) atoms. The first-order valence-corrected chi connectivity index (χ1v) is 11.1. The summed E-state index contributed by atoms with van der Waals surface area (Å²) in [5.74, 6) is 3.09. The molecule has 2 aliphatic heterocycles. The predicted octanol–water partition coefficient (Wildman–Crippen LogP) is 2.36. The second kappa shape index (κ2) is 11.2. The number of unbranched alkanes of at least 4 members (excludes halogenated alkanes) is 1. The molecule has 2 saturated heterocycles. The number of terminal acetylenes is 1. The standard InChI is InChI=1S/C24H36N4O/c1-3-12-26-14-9-22(10-15-26)24(29)25-11-4-5-13-27-16-18-28(19-17-27)23-8-6-7-21(2)20-23/h1,6-8,20,22H,4-5,9-19H2,2H3,(H,25,29). The highest BCUT2D eigenvalue weighted by Crippen LogP contribution is 2.18. The number of benzene rings is 1. The van der Waals surface area contributed by atoms with Gasteiger partial charge in [-0.05, 0) is 69.9 Å². The molecule has 1 amide bonds. The second-order valence-corrected chi connectivity index (χ2v) is 8.42. The first kappa shape index (κ1) is 21.7.